The van der Waals surface area contributed by atoms with E-state index in [4.69, 9.17) is 9.41 Å². The van der Waals surface area contributed by atoms with Gasteiger partial charge in [0.2, 0.25) is 0 Å². The van der Waals surface area contributed by atoms with Gasteiger partial charge in [-0.05, 0) is 106 Å². The van der Waals surface area contributed by atoms with Crippen molar-refractivity contribution in [2.45, 2.75) is 56.2 Å². The molecular weight excluding hydrogens is 729 g/mol. The Hall–Kier alpha value is -4.90. The van der Waals surface area contributed by atoms with E-state index in [2.05, 4.69) is 5.32 Å². The van der Waals surface area contributed by atoms with Crippen LogP contribution in [0.1, 0.15) is 33.4 Å². The van der Waals surface area contributed by atoms with Crippen LogP contribution in [0.4, 0.5) is 17.1 Å². The molecule has 0 atom stereocenters. The first-order chi connectivity index (χ1) is 24.1. The highest BCUT2D eigenvalue weighted by atomic mass is 32.2. The first-order valence-electron chi connectivity index (χ1n) is 15.7. The van der Waals surface area contributed by atoms with Crippen LogP contribution in [0.3, 0.4) is 0 Å². The fraction of sp³-hybridized carbons (Fsp3) is 0.162. The van der Waals surface area contributed by atoms with Crippen LogP contribution in [0.15, 0.2) is 96.9 Å². The second kappa shape index (κ2) is 12.9. The average Bonchev–Trinajstić information content (AvgIpc) is 3.01. The smallest absolute Gasteiger partial charge is 0.295 e. The van der Waals surface area contributed by atoms with E-state index in [0.29, 0.717) is 50.4 Å². The maximum absolute atomic E-state index is 12.7. The van der Waals surface area contributed by atoms with E-state index in [1.165, 1.54) is 6.07 Å². The van der Waals surface area contributed by atoms with E-state index in [0.717, 1.165) is 28.4 Å². The molecule has 0 unspecified atom stereocenters. The van der Waals surface area contributed by atoms with Gasteiger partial charge in [0, 0.05) is 45.6 Å². The van der Waals surface area contributed by atoms with Crippen LogP contribution >= 0.6 is 0 Å². The number of aryl methyl sites for hydroxylation is 5. The van der Waals surface area contributed by atoms with E-state index in [1.807, 2.05) is 32.9 Å². The third kappa shape index (κ3) is 6.98. The van der Waals surface area contributed by atoms with Crippen molar-refractivity contribution in [1.29, 1.82) is 0 Å². The Bertz CT molecular complexity index is 2840. The number of benzene rings is 5. The quantitative estimate of drug-likeness (QED) is 0.0914. The van der Waals surface area contributed by atoms with Gasteiger partial charge in [-0.1, -0.05) is 29.8 Å². The van der Waals surface area contributed by atoms with Gasteiger partial charge in [0.05, 0.1) is 15.9 Å². The summed E-state index contributed by atoms with van der Waals surface area (Å²) in [6.45, 7) is 10.8. The molecule has 4 N–H and O–H groups in total. The van der Waals surface area contributed by atoms with Crippen LogP contribution in [-0.4, -0.2) is 38.9 Å². The van der Waals surface area contributed by atoms with Crippen molar-refractivity contribution in [2.24, 2.45) is 4.99 Å². The number of nitrogens with one attached hydrogen (secondary N) is 1. The van der Waals surface area contributed by atoms with Gasteiger partial charge in [0.25, 0.3) is 30.4 Å². The predicted molar refractivity (Wildman–Crippen MR) is 198 cm³/mol. The largest absolute Gasteiger partial charge is 0.456 e. The fourth-order valence-corrected chi connectivity index (χ4v) is 9.04. The first-order valence-corrected chi connectivity index (χ1v) is 20.0. The molecule has 0 saturated carbocycles. The van der Waals surface area contributed by atoms with Crippen molar-refractivity contribution >= 4 is 58.4 Å². The molecule has 0 fully saturated rings. The summed E-state index contributed by atoms with van der Waals surface area (Å²) in [5.74, 6) is 0.264. The van der Waals surface area contributed by atoms with Crippen LogP contribution in [0.5, 0.6) is 0 Å². The van der Waals surface area contributed by atoms with E-state index in [1.54, 1.807) is 63.2 Å². The summed E-state index contributed by atoms with van der Waals surface area (Å²) in [6.07, 6.45) is 0. The number of nitrogens with zero attached hydrogens (tertiary/aromatic N) is 1. The van der Waals surface area contributed by atoms with E-state index in [9.17, 15) is 38.9 Å². The van der Waals surface area contributed by atoms with E-state index < -0.39 is 40.1 Å². The van der Waals surface area contributed by atoms with Gasteiger partial charge in [-0.2, -0.15) is 25.3 Å². The van der Waals surface area contributed by atoms with Crippen molar-refractivity contribution in [3.05, 3.63) is 112 Å². The minimum atomic E-state index is -5.05. The molecule has 0 amide bonds. The zero-order valence-electron chi connectivity index (χ0n) is 28.8. The number of rotatable bonds is 7. The molecule has 4 aromatic rings. The normalized spacial score (nSPS) is 12.9. The molecular formula is C37H34N2O10S3. The minimum Gasteiger partial charge on any atom is -0.456 e. The highest BCUT2D eigenvalue weighted by molar-refractivity contribution is 7.86. The van der Waals surface area contributed by atoms with Crippen molar-refractivity contribution in [3.8, 4) is 22.5 Å². The maximum atomic E-state index is 12.7. The van der Waals surface area contributed by atoms with Crippen LogP contribution in [0.2, 0.25) is 0 Å². The molecule has 15 heteroatoms. The van der Waals surface area contributed by atoms with Gasteiger partial charge in [0.1, 0.15) is 21.1 Å². The molecule has 0 spiro atoms. The highest BCUT2D eigenvalue weighted by Crippen LogP contribution is 2.44. The number of hydrogen-bond acceptors (Lipinski definition) is 9. The molecule has 270 valence electrons. The van der Waals surface area contributed by atoms with Crippen molar-refractivity contribution in [1.82, 2.24) is 0 Å². The standard InChI is InChI=1S/C37H34N2O10S3/c1-19-13-20(2)35(21(3)14-19)38-25-7-10-28-31(16-25)49-32-17-26(39-36-22(4)15-23(5)37(24(36)6)52(46,47)48)8-11-29(32)34(28)30-12-9-27(50(40,41)42)18-33(30)51(43,44)45/h7-18,39H,1-6H3,(H,40,41,42)(H,43,44,45)(H,46,47,48). The molecule has 4 aromatic carbocycles. The summed E-state index contributed by atoms with van der Waals surface area (Å²) >= 11 is 0. The third-order valence-corrected chi connectivity index (χ3v) is 11.7. The minimum absolute atomic E-state index is 0.0701. The van der Waals surface area contributed by atoms with Crippen LogP contribution in [0, 0.1) is 41.5 Å². The summed E-state index contributed by atoms with van der Waals surface area (Å²) in [7, 11) is -14.4. The summed E-state index contributed by atoms with van der Waals surface area (Å²) in [4.78, 5) is 3.15. The molecule has 2 aliphatic rings. The monoisotopic (exact) mass is 762 g/mol. The molecule has 6 rings (SSSR count). The van der Waals surface area contributed by atoms with Crippen LogP contribution < -0.4 is 10.7 Å². The topological polar surface area (TPSA) is 201 Å². The van der Waals surface area contributed by atoms with Gasteiger partial charge >= 0.3 is 0 Å². The highest BCUT2D eigenvalue weighted by Gasteiger charge is 2.27. The Labute approximate surface area is 301 Å². The van der Waals surface area contributed by atoms with Crippen LogP contribution in [-0.2, 0) is 30.4 Å². The summed E-state index contributed by atoms with van der Waals surface area (Å²) < 4.78 is 110. The lowest BCUT2D eigenvalue weighted by atomic mass is 9.93. The van der Waals surface area contributed by atoms with Crippen molar-refractivity contribution < 1.29 is 43.3 Å². The molecule has 1 heterocycles. The number of fused-ring (bicyclic) bond motifs is 2. The zero-order valence-corrected chi connectivity index (χ0v) is 31.2. The molecule has 12 nitrogen and oxygen atoms in total. The van der Waals surface area contributed by atoms with E-state index in [-0.39, 0.29) is 27.4 Å². The SMILES string of the molecule is Cc1cc(C)c(N=c2ccc3c(-c4ccc(S(=O)(=O)O)cc4S(=O)(=O)O)c4ccc(Nc5c(C)cc(C)c(S(=O)(=O)O)c5C)cc4oc-3c2)c(C)c1. The summed E-state index contributed by atoms with van der Waals surface area (Å²) in [5, 5.41) is 4.10. The van der Waals surface area contributed by atoms with Gasteiger partial charge in [-0.3, -0.25) is 13.7 Å². The molecule has 0 saturated heterocycles. The van der Waals surface area contributed by atoms with Crippen molar-refractivity contribution in [2.75, 3.05) is 5.32 Å². The number of hydrogen-bond donors (Lipinski definition) is 4. The lowest BCUT2D eigenvalue weighted by Crippen LogP contribution is -2.08. The van der Waals surface area contributed by atoms with E-state index >= 15 is 0 Å². The average molecular weight is 763 g/mol. The molecule has 52 heavy (non-hydrogen) atoms. The molecule has 0 aromatic heterocycles. The Morgan fingerprint density at radius 3 is 1.90 bits per heavy atom. The Kier molecular flexibility index (Phi) is 9.18. The molecule has 0 radical (unpaired) electrons. The first kappa shape index (κ1) is 36.9. The Balaban J connectivity index is 1.66. The van der Waals surface area contributed by atoms with Gasteiger partial charge in [0.15, 0.2) is 0 Å². The van der Waals surface area contributed by atoms with Gasteiger partial charge in [-0.25, -0.2) is 4.99 Å². The van der Waals surface area contributed by atoms with Crippen LogP contribution in [0.25, 0.3) is 33.4 Å². The maximum Gasteiger partial charge on any atom is 0.295 e. The molecule has 1 aliphatic carbocycles. The lowest BCUT2D eigenvalue weighted by molar-refractivity contribution is 0.478. The summed E-state index contributed by atoms with van der Waals surface area (Å²) in [6, 6.07) is 18.5. The van der Waals surface area contributed by atoms with Gasteiger partial charge in [-0.15, -0.1) is 0 Å². The predicted octanol–water partition coefficient (Wildman–Crippen LogP) is 7.77. The Morgan fingerprint density at radius 2 is 1.29 bits per heavy atom. The third-order valence-electron chi connectivity index (χ3n) is 8.81. The number of anilines is 2. The Morgan fingerprint density at radius 1 is 0.635 bits per heavy atom. The fourth-order valence-electron chi connectivity index (χ4n) is 6.78. The second-order valence-electron chi connectivity index (χ2n) is 12.8. The molecule has 1 aliphatic heterocycles. The van der Waals surface area contributed by atoms with Gasteiger partial charge < -0.3 is 9.73 Å². The zero-order chi connectivity index (χ0) is 38.1. The summed E-state index contributed by atoms with van der Waals surface area (Å²) in [5.41, 5.74) is 6.83. The lowest BCUT2D eigenvalue weighted by Gasteiger charge is -2.20. The second-order valence-corrected chi connectivity index (χ2v) is 16.9. The molecule has 0 bridgehead atoms. The van der Waals surface area contributed by atoms with Crippen molar-refractivity contribution in [3.63, 3.8) is 0 Å².